The smallest absolute Gasteiger partial charge is 0.0617 e. The van der Waals surface area contributed by atoms with Gasteiger partial charge in [-0.2, -0.15) is 0 Å². The Kier molecular flexibility index (Phi) is 3.70. The minimum Gasteiger partial charge on any atom is -0.383 e. The maximum Gasteiger partial charge on any atom is 0.0617 e. The molecule has 0 radical (unpaired) electrons. The molecule has 0 aliphatic heterocycles. The third-order valence-corrected chi connectivity index (χ3v) is 1.58. The summed E-state index contributed by atoms with van der Waals surface area (Å²) in [6.07, 6.45) is 2.55. The molecular formula is C9H14N2O. The highest BCUT2D eigenvalue weighted by Crippen LogP contribution is 1.97. The van der Waals surface area contributed by atoms with E-state index in [9.17, 15) is 0 Å². The van der Waals surface area contributed by atoms with Crippen LogP contribution in [0, 0.1) is 0 Å². The summed E-state index contributed by atoms with van der Waals surface area (Å²) >= 11 is 0. The number of nitrogens with zero attached hydrogens (tertiary/aromatic N) is 1. The largest absolute Gasteiger partial charge is 0.383 e. The Balaban J connectivity index is 2.41. The Morgan fingerprint density at radius 3 is 3.00 bits per heavy atom. The summed E-state index contributed by atoms with van der Waals surface area (Å²) < 4.78 is 4.92. The summed E-state index contributed by atoms with van der Waals surface area (Å²) in [6.45, 7) is 0.580. The molecule has 12 heavy (non-hydrogen) atoms. The van der Waals surface area contributed by atoms with Crippen molar-refractivity contribution in [2.24, 2.45) is 5.73 Å². The van der Waals surface area contributed by atoms with Gasteiger partial charge in [0.2, 0.25) is 0 Å². The lowest BCUT2D eigenvalue weighted by molar-refractivity contribution is 0.179. The molecule has 0 saturated heterocycles. The fourth-order valence-electron chi connectivity index (χ4n) is 1.06. The standard InChI is InChI=1S/C9H14N2O/c1-12-7-8(10)6-9-4-2-3-5-11-9/h2-5,8H,6-7,10H2,1H3. The van der Waals surface area contributed by atoms with Crippen molar-refractivity contribution in [2.75, 3.05) is 13.7 Å². The maximum atomic E-state index is 5.75. The third kappa shape index (κ3) is 2.98. The van der Waals surface area contributed by atoms with Crippen molar-refractivity contribution in [1.82, 2.24) is 4.98 Å². The molecule has 0 aliphatic carbocycles. The predicted octanol–water partition coefficient (Wildman–Crippen LogP) is 0.598. The molecule has 0 aliphatic rings. The van der Waals surface area contributed by atoms with E-state index in [1.165, 1.54) is 0 Å². The van der Waals surface area contributed by atoms with Crippen LogP contribution in [0.2, 0.25) is 0 Å². The molecule has 3 heteroatoms. The van der Waals surface area contributed by atoms with Gasteiger partial charge in [-0.05, 0) is 12.1 Å². The molecule has 1 aromatic rings. The van der Waals surface area contributed by atoms with E-state index in [1.807, 2.05) is 18.2 Å². The van der Waals surface area contributed by atoms with E-state index in [1.54, 1.807) is 13.3 Å². The molecule has 1 rings (SSSR count). The number of rotatable bonds is 4. The van der Waals surface area contributed by atoms with Crippen LogP contribution < -0.4 is 5.73 Å². The summed E-state index contributed by atoms with van der Waals surface area (Å²) in [7, 11) is 1.65. The first kappa shape index (κ1) is 9.16. The number of ether oxygens (including phenoxy) is 1. The van der Waals surface area contributed by atoms with Crippen LogP contribution >= 0.6 is 0 Å². The second-order valence-corrected chi connectivity index (χ2v) is 2.74. The van der Waals surface area contributed by atoms with Crippen LogP contribution in [0.25, 0.3) is 0 Å². The zero-order chi connectivity index (χ0) is 8.81. The molecule has 1 heterocycles. The number of methoxy groups -OCH3 is 1. The zero-order valence-corrected chi connectivity index (χ0v) is 7.23. The van der Waals surface area contributed by atoms with Gasteiger partial charge in [-0.3, -0.25) is 4.98 Å². The van der Waals surface area contributed by atoms with Crippen molar-refractivity contribution >= 4 is 0 Å². The minimum atomic E-state index is 0.0462. The molecule has 0 bridgehead atoms. The molecule has 0 amide bonds. The highest BCUT2D eigenvalue weighted by Gasteiger charge is 2.02. The van der Waals surface area contributed by atoms with Gasteiger partial charge >= 0.3 is 0 Å². The Labute approximate surface area is 72.6 Å². The van der Waals surface area contributed by atoms with Crippen molar-refractivity contribution in [3.8, 4) is 0 Å². The van der Waals surface area contributed by atoms with E-state index < -0.39 is 0 Å². The second-order valence-electron chi connectivity index (χ2n) is 2.74. The van der Waals surface area contributed by atoms with E-state index in [-0.39, 0.29) is 6.04 Å². The summed E-state index contributed by atoms with van der Waals surface area (Å²) in [5, 5.41) is 0. The van der Waals surface area contributed by atoms with Crippen LogP contribution in [0.5, 0.6) is 0 Å². The van der Waals surface area contributed by atoms with Gasteiger partial charge in [0.05, 0.1) is 6.61 Å². The van der Waals surface area contributed by atoms with E-state index in [0.717, 1.165) is 12.1 Å². The second kappa shape index (κ2) is 4.85. The van der Waals surface area contributed by atoms with Crippen LogP contribution in [-0.4, -0.2) is 24.7 Å². The monoisotopic (exact) mass is 166 g/mol. The van der Waals surface area contributed by atoms with E-state index >= 15 is 0 Å². The molecule has 0 saturated carbocycles. The van der Waals surface area contributed by atoms with Gasteiger partial charge in [-0.25, -0.2) is 0 Å². The lowest BCUT2D eigenvalue weighted by Crippen LogP contribution is -2.28. The van der Waals surface area contributed by atoms with Crippen LogP contribution in [0.15, 0.2) is 24.4 Å². The Morgan fingerprint density at radius 1 is 1.58 bits per heavy atom. The highest BCUT2D eigenvalue weighted by atomic mass is 16.5. The first-order valence-electron chi connectivity index (χ1n) is 3.97. The van der Waals surface area contributed by atoms with Crippen molar-refractivity contribution in [3.63, 3.8) is 0 Å². The topological polar surface area (TPSA) is 48.1 Å². The zero-order valence-electron chi connectivity index (χ0n) is 7.23. The van der Waals surface area contributed by atoms with E-state index in [2.05, 4.69) is 4.98 Å². The SMILES string of the molecule is COCC(N)Cc1ccccn1. The van der Waals surface area contributed by atoms with Crippen LogP contribution in [0.4, 0.5) is 0 Å². The molecular weight excluding hydrogens is 152 g/mol. The Morgan fingerprint density at radius 2 is 2.42 bits per heavy atom. The lowest BCUT2D eigenvalue weighted by Gasteiger charge is -2.08. The van der Waals surface area contributed by atoms with Gasteiger partial charge in [0, 0.05) is 31.5 Å². The van der Waals surface area contributed by atoms with Crippen LogP contribution in [-0.2, 0) is 11.2 Å². The number of hydrogen-bond donors (Lipinski definition) is 1. The average molecular weight is 166 g/mol. The van der Waals surface area contributed by atoms with Crippen molar-refractivity contribution in [3.05, 3.63) is 30.1 Å². The summed E-state index contributed by atoms with van der Waals surface area (Å²) in [6, 6.07) is 5.87. The molecule has 0 spiro atoms. The van der Waals surface area contributed by atoms with E-state index in [4.69, 9.17) is 10.5 Å². The van der Waals surface area contributed by atoms with E-state index in [0.29, 0.717) is 6.61 Å². The number of nitrogens with two attached hydrogens (primary N) is 1. The first-order chi connectivity index (χ1) is 5.83. The Hall–Kier alpha value is -0.930. The molecule has 3 nitrogen and oxygen atoms in total. The van der Waals surface area contributed by atoms with Gasteiger partial charge in [0.15, 0.2) is 0 Å². The lowest BCUT2D eigenvalue weighted by atomic mass is 10.2. The number of hydrogen-bond acceptors (Lipinski definition) is 3. The predicted molar refractivity (Wildman–Crippen MR) is 47.8 cm³/mol. The summed E-state index contributed by atoms with van der Waals surface area (Å²) in [4.78, 5) is 4.17. The van der Waals surface area contributed by atoms with Crippen LogP contribution in [0.3, 0.4) is 0 Å². The fourth-order valence-corrected chi connectivity index (χ4v) is 1.06. The highest BCUT2D eigenvalue weighted by molar-refractivity contribution is 5.04. The number of pyridine rings is 1. The third-order valence-electron chi connectivity index (χ3n) is 1.58. The van der Waals surface area contributed by atoms with Gasteiger partial charge in [0.25, 0.3) is 0 Å². The molecule has 66 valence electrons. The van der Waals surface area contributed by atoms with Gasteiger partial charge < -0.3 is 10.5 Å². The molecule has 1 atom stereocenters. The quantitative estimate of drug-likeness (QED) is 0.712. The first-order valence-corrected chi connectivity index (χ1v) is 3.97. The molecule has 1 unspecified atom stereocenters. The minimum absolute atomic E-state index is 0.0462. The number of aromatic nitrogens is 1. The summed E-state index contributed by atoms with van der Waals surface area (Å²) in [5.41, 5.74) is 6.77. The normalized spacial score (nSPS) is 12.8. The average Bonchev–Trinajstić information content (AvgIpc) is 2.06. The maximum absolute atomic E-state index is 5.75. The molecule has 0 fully saturated rings. The van der Waals surface area contributed by atoms with Gasteiger partial charge in [-0.1, -0.05) is 6.07 Å². The van der Waals surface area contributed by atoms with Gasteiger partial charge in [-0.15, -0.1) is 0 Å². The van der Waals surface area contributed by atoms with Crippen molar-refractivity contribution in [1.29, 1.82) is 0 Å². The summed E-state index contributed by atoms with van der Waals surface area (Å²) in [5.74, 6) is 0. The molecule has 1 aromatic heterocycles. The molecule has 0 aromatic carbocycles. The van der Waals surface area contributed by atoms with Crippen molar-refractivity contribution < 1.29 is 4.74 Å². The van der Waals surface area contributed by atoms with Crippen LogP contribution in [0.1, 0.15) is 5.69 Å². The van der Waals surface area contributed by atoms with Gasteiger partial charge in [0.1, 0.15) is 0 Å². The Bertz CT molecular complexity index is 213. The van der Waals surface area contributed by atoms with Crippen molar-refractivity contribution in [2.45, 2.75) is 12.5 Å². The molecule has 2 N–H and O–H groups in total. The fraction of sp³-hybridized carbons (Fsp3) is 0.444.